The number of nitrogens with zero attached hydrogens (tertiary/aromatic N) is 2. The van der Waals surface area contributed by atoms with Crippen LogP contribution in [0.1, 0.15) is 36.8 Å². The lowest BCUT2D eigenvalue weighted by Crippen LogP contribution is -2.47. The first kappa shape index (κ1) is 28.2. The minimum atomic E-state index is -1.16. The third-order valence-corrected chi connectivity index (χ3v) is 7.31. The van der Waals surface area contributed by atoms with E-state index in [1.807, 2.05) is 53.5 Å². The maximum absolute atomic E-state index is 13.6. The number of rotatable bonds is 8. The van der Waals surface area contributed by atoms with Crippen molar-refractivity contribution >= 4 is 12.0 Å². The molecule has 1 saturated heterocycles. The molecule has 0 bridgehead atoms. The van der Waals surface area contributed by atoms with Crippen molar-refractivity contribution in [3.8, 4) is 11.1 Å². The molecule has 2 amide bonds. The van der Waals surface area contributed by atoms with Gasteiger partial charge < -0.3 is 24.6 Å². The van der Waals surface area contributed by atoms with E-state index in [9.17, 15) is 28.7 Å². The Labute approximate surface area is 233 Å². The van der Waals surface area contributed by atoms with Gasteiger partial charge in [-0.05, 0) is 18.1 Å². The molecular formula is C28H29FN4O8. The predicted octanol–water partition coefficient (Wildman–Crippen LogP) is 1.64. The van der Waals surface area contributed by atoms with Crippen LogP contribution in [0.5, 0.6) is 0 Å². The van der Waals surface area contributed by atoms with Crippen molar-refractivity contribution in [1.82, 2.24) is 19.8 Å². The number of carbonyl (C=O) groups excluding carboxylic acids is 2. The van der Waals surface area contributed by atoms with Crippen LogP contribution in [0.2, 0.25) is 0 Å². The Morgan fingerprint density at radius 3 is 2.46 bits per heavy atom. The minimum absolute atomic E-state index is 0.0361. The summed E-state index contributed by atoms with van der Waals surface area (Å²) in [6.45, 7) is 1.15. The van der Waals surface area contributed by atoms with Crippen molar-refractivity contribution < 1.29 is 33.3 Å². The molecule has 1 aliphatic carbocycles. The molecule has 3 aromatic rings. The summed E-state index contributed by atoms with van der Waals surface area (Å²) in [5.41, 5.74) is 1.70. The number of fused-ring (bicyclic) bond motifs is 3. The maximum atomic E-state index is 13.6. The molecule has 1 aromatic heterocycles. The number of aromatic amines is 1. The van der Waals surface area contributed by atoms with E-state index in [4.69, 9.17) is 14.2 Å². The average Bonchev–Trinajstić information content (AvgIpc) is 3.49. The van der Waals surface area contributed by atoms with Gasteiger partial charge in [-0.3, -0.25) is 24.0 Å². The summed E-state index contributed by atoms with van der Waals surface area (Å²) in [7, 11) is 1.46. The largest absolute Gasteiger partial charge is 0.436 e. The Bertz CT molecular complexity index is 1530. The van der Waals surface area contributed by atoms with E-state index >= 15 is 0 Å². The molecule has 2 heterocycles. The van der Waals surface area contributed by atoms with E-state index < -0.39 is 59.6 Å². The van der Waals surface area contributed by atoms with Gasteiger partial charge in [0.15, 0.2) is 6.10 Å². The minimum Gasteiger partial charge on any atom is -0.436 e. The van der Waals surface area contributed by atoms with Crippen LogP contribution < -0.4 is 16.6 Å². The zero-order valence-electron chi connectivity index (χ0n) is 22.3. The number of hydrogen-bond acceptors (Lipinski definition) is 8. The summed E-state index contributed by atoms with van der Waals surface area (Å²) in [5.74, 6) is -1.66. The monoisotopic (exact) mass is 568 g/mol. The number of hydrogen-bond donors (Lipinski definition) is 3. The molecule has 1 aliphatic heterocycles. The number of amides is 2. The molecule has 0 unspecified atom stereocenters. The number of likely N-dealkylation sites (N-methyl/N-ethyl adjacent to an activating group) is 1. The Kier molecular flexibility index (Phi) is 8.01. The highest BCUT2D eigenvalue weighted by Crippen LogP contribution is 2.45. The molecule has 13 heteroatoms. The summed E-state index contributed by atoms with van der Waals surface area (Å²) >= 11 is 0. The van der Waals surface area contributed by atoms with Crippen LogP contribution in [0.3, 0.4) is 0 Å². The third-order valence-electron chi connectivity index (χ3n) is 7.31. The van der Waals surface area contributed by atoms with Crippen LogP contribution in [0.15, 0.2) is 64.3 Å². The maximum Gasteiger partial charge on any atom is 0.411 e. The Morgan fingerprint density at radius 1 is 1.17 bits per heavy atom. The normalized spacial score (nSPS) is 20.2. The standard InChI is InChI=1S/C28H29FN4O8/c1-15(32(2)28(38)41-24-18-9-5-3-7-16(18)17-8-4-6-10-19(17)24)25(35)30-14-39-13-22-21(34)11-23(40-22)33-12-20(29)26(36)31-27(33)37/h3-10,12,15,21-24,34H,11,13-14H2,1-2H3,(H,30,35)(H,31,36,37)/t15-,21-,22+,23+/m0/s1. The van der Waals surface area contributed by atoms with E-state index in [2.05, 4.69) is 5.32 Å². The van der Waals surface area contributed by atoms with Gasteiger partial charge in [0.05, 0.1) is 18.9 Å². The predicted molar refractivity (Wildman–Crippen MR) is 142 cm³/mol. The van der Waals surface area contributed by atoms with Gasteiger partial charge in [0.25, 0.3) is 5.56 Å². The van der Waals surface area contributed by atoms with Crippen LogP contribution in [-0.4, -0.2) is 70.2 Å². The average molecular weight is 569 g/mol. The van der Waals surface area contributed by atoms with Crippen LogP contribution >= 0.6 is 0 Å². The van der Waals surface area contributed by atoms with Gasteiger partial charge in [-0.25, -0.2) is 9.59 Å². The van der Waals surface area contributed by atoms with Crippen LogP contribution in [0.4, 0.5) is 9.18 Å². The van der Waals surface area contributed by atoms with Gasteiger partial charge >= 0.3 is 11.8 Å². The number of aliphatic hydroxyl groups excluding tert-OH is 1. The second-order valence-corrected chi connectivity index (χ2v) is 9.86. The second kappa shape index (κ2) is 11.6. The Hall–Kier alpha value is -4.33. The van der Waals surface area contributed by atoms with E-state index in [0.717, 1.165) is 33.0 Å². The third kappa shape index (κ3) is 5.64. The summed E-state index contributed by atoms with van der Waals surface area (Å²) in [4.78, 5) is 51.9. The van der Waals surface area contributed by atoms with E-state index in [0.29, 0.717) is 0 Å². The molecule has 41 heavy (non-hydrogen) atoms. The van der Waals surface area contributed by atoms with Crippen LogP contribution in [0.25, 0.3) is 11.1 Å². The number of H-pyrrole nitrogens is 1. The molecule has 3 N–H and O–H groups in total. The van der Waals surface area contributed by atoms with E-state index in [1.54, 1.807) is 6.92 Å². The summed E-state index contributed by atoms with van der Waals surface area (Å²) < 4.78 is 31.3. The number of ether oxygens (including phenoxy) is 3. The molecule has 0 spiro atoms. The summed E-state index contributed by atoms with van der Waals surface area (Å²) in [5, 5.41) is 12.8. The quantitative estimate of drug-likeness (QED) is 0.274. The van der Waals surface area contributed by atoms with Crippen molar-refractivity contribution in [2.45, 2.75) is 43.9 Å². The fourth-order valence-electron chi connectivity index (χ4n) is 4.91. The summed E-state index contributed by atoms with van der Waals surface area (Å²) in [6.07, 6.45) is -3.51. The molecule has 216 valence electrons. The zero-order chi connectivity index (χ0) is 29.3. The first-order valence-corrected chi connectivity index (χ1v) is 13.0. The van der Waals surface area contributed by atoms with Gasteiger partial charge in [0.2, 0.25) is 11.7 Å². The van der Waals surface area contributed by atoms with Gasteiger partial charge in [-0.15, -0.1) is 0 Å². The van der Waals surface area contributed by atoms with Gasteiger partial charge in [0, 0.05) is 24.6 Å². The topological polar surface area (TPSA) is 152 Å². The van der Waals surface area contributed by atoms with Crippen molar-refractivity contribution in [2.24, 2.45) is 0 Å². The molecule has 2 aromatic carbocycles. The van der Waals surface area contributed by atoms with Gasteiger partial charge in [-0.1, -0.05) is 48.5 Å². The highest BCUT2D eigenvalue weighted by molar-refractivity contribution is 5.85. The molecular weight excluding hydrogens is 539 g/mol. The number of benzene rings is 2. The number of aromatic nitrogens is 2. The second-order valence-electron chi connectivity index (χ2n) is 9.86. The smallest absolute Gasteiger partial charge is 0.411 e. The summed E-state index contributed by atoms with van der Waals surface area (Å²) in [6, 6.07) is 14.5. The Balaban J connectivity index is 1.11. The van der Waals surface area contributed by atoms with Crippen molar-refractivity contribution in [2.75, 3.05) is 20.4 Å². The van der Waals surface area contributed by atoms with E-state index in [-0.39, 0.29) is 19.8 Å². The van der Waals surface area contributed by atoms with E-state index in [1.165, 1.54) is 11.9 Å². The lowest BCUT2D eigenvalue weighted by molar-refractivity contribution is -0.128. The fourth-order valence-corrected chi connectivity index (χ4v) is 4.91. The molecule has 12 nitrogen and oxygen atoms in total. The Morgan fingerprint density at radius 2 is 1.80 bits per heavy atom. The molecule has 4 atom stereocenters. The zero-order valence-corrected chi connectivity index (χ0v) is 22.3. The fraction of sp³-hybridized carbons (Fsp3) is 0.357. The molecule has 2 aliphatic rings. The highest BCUT2D eigenvalue weighted by Gasteiger charge is 2.36. The number of carbonyl (C=O) groups is 2. The van der Waals surface area contributed by atoms with Gasteiger partial charge in [-0.2, -0.15) is 4.39 Å². The van der Waals surface area contributed by atoms with Crippen LogP contribution in [-0.2, 0) is 19.0 Å². The molecule has 0 saturated carbocycles. The molecule has 1 fully saturated rings. The lowest BCUT2D eigenvalue weighted by atomic mass is 10.1. The molecule has 5 rings (SSSR count). The number of nitrogens with one attached hydrogen (secondary N) is 2. The molecule has 0 radical (unpaired) electrons. The highest BCUT2D eigenvalue weighted by atomic mass is 19.1. The van der Waals surface area contributed by atoms with Crippen molar-refractivity contribution in [3.05, 3.63) is 92.5 Å². The number of halogens is 1. The lowest BCUT2D eigenvalue weighted by Gasteiger charge is -2.26. The SMILES string of the molecule is C[C@@H](C(=O)NCOC[C@H]1O[C@@H](n2cc(F)c(=O)[nH]c2=O)C[C@@H]1O)N(C)C(=O)OC1c2ccccc2-c2ccccc21. The van der Waals surface area contributed by atoms with Crippen molar-refractivity contribution in [1.29, 1.82) is 0 Å². The number of aliphatic hydroxyl groups is 1. The first-order chi connectivity index (χ1) is 19.7. The first-order valence-electron chi connectivity index (χ1n) is 13.0. The van der Waals surface area contributed by atoms with Gasteiger partial charge in [0.1, 0.15) is 25.1 Å². The van der Waals surface area contributed by atoms with Crippen LogP contribution in [0, 0.1) is 5.82 Å². The van der Waals surface area contributed by atoms with Crippen molar-refractivity contribution in [3.63, 3.8) is 0 Å².